The number of aromatic nitrogens is 2. The topological polar surface area (TPSA) is 25.8 Å². The molecule has 0 N–H and O–H groups in total. The maximum absolute atomic E-state index is 5.28. The molecule has 0 aliphatic rings. The van der Waals surface area contributed by atoms with Crippen LogP contribution in [0, 0.1) is 19.6 Å². The molecule has 1 aromatic rings. The van der Waals surface area contributed by atoms with Crippen LogP contribution < -0.4 is 0 Å². The van der Waals surface area contributed by atoms with Crippen LogP contribution in [0.2, 0.25) is 0 Å². The average Bonchev–Trinajstić information content (AvgIpc) is 2.15. The van der Waals surface area contributed by atoms with E-state index in [4.69, 9.17) is 6.58 Å². The molecule has 0 saturated heterocycles. The molecule has 3 heteroatoms. The molecular weight excluding hydrogens is 344 g/mol. The maximum atomic E-state index is 5.28. The van der Waals surface area contributed by atoms with E-state index in [2.05, 4.69) is 23.0 Å². The van der Waals surface area contributed by atoms with Crippen LogP contribution in [0.3, 0.4) is 0 Å². The number of hydrogen-bond acceptors (Lipinski definition) is 2. The van der Waals surface area contributed by atoms with Gasteiger partial charge in [0.2, 0.25) is 0 Å². The summed E-state index contributed by atoms with van der Waals surface area (Å²) >= 11 is 0. The zero-order chi connectivity index (χ0) is 9.68. The Balaban J connectivity index is 0.00000169. The van der Waals surface area contributed by atoms with Crippen LogP contribution in [0.25, 0.3) is 0 Å². The summed E-state index contributed by atoms with van der Waals surface area (Å²) in [4.78, 5) is 8.17. The van der Waals surface area contributed by atoms with Gasteiger partial charge in [0.25, 0.3) is 0 Å². The SMILES string of the molecule is [CH-]=CCCc1[c-]c(C([CH2-])C)ncn1.[W]. The molecule has 14 heavy (non-hydrogen) atoms. The van der Waals surface area contributed by atoms with Crippen LogP contribution in [0.15, 0.2) is 12.4 Å². The van der Waals surface area contributed by atoms with Gasteiger partial charge < -0.3 is 19.6 Å². The Morgan fingerprint density at radius 3 is 2.93 bits per heavy atom. The Morgan fingerprint density at radius 1 is 1.64 bits per heavy atom. The second-order valence-electron chi connectivity index (χ2n) is 3.01. The molecule has 1 heterocycles. The van der Waals surface area contributed by atoms with Gasteiger partial charge in [-0.3, -0.25) is 16.0 Å². The van der Waals surface area contributed by atoms with Crippen molar-refractivity contribution < 1.29 is 21.1 Å². The minimum atomic E-state index is 0. The molecule has 76 valence electrons. The molecule has 0 aliphatic heterocycles. The zero-order valence-corrected chi connectivity index (χ0v) is 11.2. The van der Waals surface area contributed by atoms with Gasteiger partial charge in [-0.25, -0.2) is 0 Å². The van der Waals surface area contributed by atoms with Crippen molar-refractivity contribution in [2.45, 2.75) is 25.7 Å². The predicted octanol–water partition coefficient (Wildman–Crippen LogP) is 2.13. The molecule has 1 aromatic heterocycles. The van der Waals surface area contributed by atoms with Crippen LogP contribution in [-0.4, -0.2) is 9.97 Å². The van der Waals surface area contributed by atoms with Crippen molar-refractivity contribution in [2.24, 2.45) is 0 Å². The minimum Gasteiger partial charge on any atom is -0.518 e. The molecule has 0 aliphatic carbocycles. The van der Waals surface area contributed by atoms with E-state index in [-0.39, 0.29) is 27.0 Å². The van der Waals surface area contributed by atoms with E-state index in [1.165, 1.54) is 0 Å². The van der Waals surface area contributed by atoms with E-state index in [0.717, 1.165) is 24.2 Å². The Kier molecular flexibility index (Phi) is 6.65. The molecule has 0 amide bonds. The van der Waals surface area contributed by atoms with E-state index in [0.29, 0.717) is 0 Å². The second-order valence-corrected chi connectivity index (χ2v) is 3.01. The van der Waals surface area contributed by atoms with Gasteiger partial charge in [0.05, 0.1) is 0 Å². The van der Waals surface area contributed by atoms with Crippen LogP contribution in [0.5, 0.6) is 0 Å². The van der Waals surface area contributed by atoms with E-state index < -0.39 is 0 Å². The minimum absolute atomic E-state index is 0. The van der Waals surface area contributed by atoms with Crippen LogP contribution in [0.1, 0.15) is 30.7 Å². The first-order valence-electron chi connectivity index (χ1n) is 4.33. The van der Waals surface area contributed by atoms with Gasteiger partial charge in [-0.05, 0) is 6.42 Å². The Labute approximate surface area is 100 Å². The van der Waals surface area contributed by atoms with Crippen molar-refractivity contribution in [2.75, 3.05) is 0 Å². The normalized spacial score (nSPS) is 11.6. The Morgan fingerprint density at radius 2 is 2.36 bits per heavy atom. The van der Waals surface area contributed by atoms with Crippen molar-refractivity contribution in [1.29, 1.82) is 0 Å². The van der Waals surface area contributed by atoms with Crippen molar-refractivity contribution in [3.63, 3.8) is 0 Å². The largest absolute Gasteiger partial charge is 0.518 e. The summed E-state index contributed by atoms with van der Waals surface area (Å²) in [7, 11) is 0. The zero-order valence-electron chi connectivity index (χ0n) is 8.23. The molecular formula is C11H13N2W-3. The molecule has 1 rings (SSSR count). The van der Waals surface area contributed by atoms with Gasteiger partial charge in [-0.2, -0.15) is 11.6 Å². The fourth-order valence-electron chi connectivity index (χ4n) is 0.971. The standard InChI is InChI=1S/C11H13N2.W/c1-4-5-6-10-7-11(9(2)3)13-8-12-10;/h1,4,8-9H,2,5-6H2,3H3;/q-3;. The summed E-state index contributed by atoms with van der Waals surface area (Å²) in [5.74, 6) is 0.156. The molecule has 0 aromatic carbocycles. The van der Waals surface area contributed by atoms with Crippen molar-refractivity contribution >= 4 is 0 Å². The smallest absolute Gasteiger partial charge is 0.108 e. The molecule has 1 unspecified atom stereocenters. The van der Waals surface area contributed by atoms with Crippen molar-refractivity contribution in [3.8, 4) is 0 Å². The van der Waals surface area contributed by atoms with Gasteiger partial charge >= 0.3 is 0 Å². The van der Waals surface area contributed by atoms with Gasteiger partial charge in [0.15, 0.2) is 0 Å². The monoisotopic (exact) mass is 357 g/mol. The third-order valence-electron chi connectivity index (χ3n) is 1.70. The fraction of sp³-hybridized carbons (Fsp3) is 0.364. The second kappa shape index (κ2) is 6.89. The molecule has 0 saturated carbocycles. The molecule has 0 spiro atoms. The Hall–Kier alpha value is -0.492. The summed E-state index contributed by atoms with van der Waals surface area (Å²) < 4.78 is 0. The summed E-state index contributed by atoms with van der Waals surface area (Å²) in [5, 5.41) is 0. The maximum Gasteiger partial charge on any atom is 0.108 e. The van der Waals surface area contributed by atoms with E-state index in [9.17, 15) is 0 Å². The van der Waals surface area contributed by atoms with Crippen molar-refractivity contribution in [1.82, 2.24) is 9.97 Å². The van der Waals surface area contributed by atoms with E-state index in [1.807, 2.05) is 6.92 Å². The third-order valence-corrected chi connectivity index (χ3v) is 1.70. The van der Waals surface area contributed by atoms with Crippen LogP contribution in [-0.2, 0) is 27.5 Å². The van der Waals surface area contributed by atoms with Crippen LogP contribution in [0.4, 0.5) is 0 Å². The Bertz CT molecular complexity index is 284. The first kappa shape index (κ1) is 13.5. The van der Waals surface area contributed by atoms with Gasteiger partial charge in [-0.15, -0.1) is 5.69 Å². The van der Waals surface area contributed by atoms with Gasteiger partial charge in [0, 0.05) is 21.1 Å². The first-order valence-corrected chi connectivity index (χ1v) is 4.33. The third kappa shape index (κ3) is 4.15. The molecule has 2 nitrogen and oxygen atoms in total. The first-order chi connectivity index (χ1) is 6.24. The number of hydrogen-bond donors (Lipinski definition) is 0. The van der Waals surface area contributed by atoms with Gasteiger partial charge in [0.1, 0.15) is 6.33 Å². The summed E-state index contributed by atoms with van der Waals surface area (Å²) in [6.45, 7) is 11.1. The predicted molar refractivity (Wildman–Crippen MR) is 51.8 cm³/mol. The number of nitrogens with zero attached hydrogens (tertiary/aromatic N) is 2. The van der Waals surface area contributed by atoms with Crippen LogP contribution >= 0.6 is 0 Å². The summed E-state index contributed by atoms with van der Waals surface area (Å²) in [5.41, 5.74) is 1.77. The van der Waals surface area contributed by atoms with Crippen molar-refractivity contribution in [3.05, 3.63) is 43.4 Å². The van der Waals surface area contributed by atoms with E-state index in [1.54, 1.807) is 12.4 Å². The van der Waals surface area contributed by atoms with Gasteiger partial charge in [-0.1, -0.05) is 13.3 Å². The fourth-order valence-corrected chi connectivity index (χ4v) is 0.971. The molecule has 1 atom stereocenters. The number of rotatable bonds is 4. The molecule has 0 bridgehead atoms. The molecule has 0 radical (unpaired) electrons. The molecule has 0 fully saturated rings. The average molecular weight is 357 g/mol. The summed E-state index contributed by atoms with van der Waals surface area (Å²) in [6.07, 6.45) is 4.82. The number of allylic oxidation sites excluding steroid dienone is 1. The number of aryl methyl sites for hydroxylation is 1. The van der Waals surface area contributed by atoms with E-state index >= 15 is 0 Å². The summed E-state index contributed by atoms with van der Waals surface area (Å²) in [6, 6.07) is 3.12. The quantitative estimate of drug-likeness (QED) is 0.772.